The first kappa shape index (κ1) is 26.7. The van der Waals surface area contributed by atoms with Gasteiger partial charge >= 0.3 is 0 Å². The molecule has 1 saturated carbocycles. The van der Waals surface area contributed by atoms with Gasteiger partial charge in [0.2, 0.25) is 21.7 Å². The normalized spacial score (nSPS) is 18.2. The molecule has 200 valence electrons. The summed E-state index contributed by atoms with van der Waals surface area (Å²) in [5, 5.41) is 14.0. The Morgan fingerprint density at radius 3 is 2.41 bits per heavy atom. The van der Waals surface area contributed by atoms with Crippen LogP contribution in [0.2, 0.25) is 0 Å². The van der Waals surface area contributed by atoms with Crippen molar-refractivity contribution in [2.75, 3.05) is 38.1 Å². The number of piperazine rings is 1. The summed E-state index contributed by atoms with van der Waals surface area (Å²) in [6.07, 6.45) is 2.81. The molecule has 1 amide bonds. The quantitative estimate of drug-likeness (QED) is 0.267. The van der Waals surface area contributed by atoms with Gasteiger partial charge < -0.3 is 24.9 Å². The third-order valence-corrected chi connectivity index (χ3v) is 7.98. The molecule has 0 bridgehead atoms. The Morgan fingerprint density at radius 1 is 1.22 bits per heavy atom. The van der Waals surface area contributed by atoms with Crippen molar-refractivity contribution in [3.8, 4) is 0 Å². The number of carbonyl (C=O) groups excluding carboxylic acids is 1. The first-order valence-electron chi connectivity index (χ1n) is 11.6. The number of allylic oxidation sites excluding steroid dienone is 1. The van der Waals surface area contributed by atoms with E-state index in [-0.39, 0.29) is 61.2 Å². The molecule has 0 atom stereocenters. The number of anilines is 1. The average Bonchev–Trinajstić information content (AvgIpc) is 3.43. The SMILES string of the molecule is Cc1noc(CS(=O)(=O)N2CCN(C(C=N)=C(OCC3(C)CC3)C(=O)Nc3cc(F)cc(F)c3)CC2)n1. The standard InChI is InChI=1S/C23H28F2N6O5S/c1-15-27-20(36-29-15)13-37(33,34)31-7-5-30(6-8-31)19(12-26)21(35-14-23(2)3-4-23)22(32)28-18-10-16(24)9-17(25)11-18/h9-12,26H,3-8,13-14H2,1-2H3,(H,28,32). The molecule has 14 heteroatoms. The molecule has 0 spiro atoms. The average molecular weight is 539 g/mol. The van der Waals surface area contributed by atoms with Crippen molar-refractivity contribution in [2.24, 2.45) is 5.41 Å². The molecule has 2 N–H and O–H groups in total. The number of hydrogen-bond acceptors (Lipinski definition) is 9. The van der Waals surface area contributed by atoms with E-state index in [0.717, 1.165) is 31.2 Å². The molecule has 2 heterocycles. The lowest BCUT2D eigenvalue weighted by atomic mass is 10.2. The molecule has 2 fully saturated rings. The van der Waals surface area contributed by atoms with Crippen LogP contribution in [-0.2, 0) is 25.3 Å². The van der Waals surface area contributed by atoms with E-state index >= 15 is 0 Å². The number of amides is 1. The van der Waals surface area contributed by atoms with Crippen LogP contribution in [0.3, 0.4) is 0 Å². The Hall–Kier alpha value is -3.39. The summed E-state index contributed by atoms with van der Waals surface area (Å²) in [6, 6.07) is 2.63. The van der Waals surface area contributed by atoms with Crippen molar-refractivity contribution in [3.05, 3.63) is 53.0 Å². The summed E-state index contributed by atoms with van der Waals surface area (Å²) in [4.78, 5) is 18.8. The third kappa shape index (κ3) is 6.68. The monoisotopic (exact) mass is 538 g/mol. The number of sulfonamides is 1. The van der Waals surface area contributed by atoms with E-state index in [1.807, 2.05) is 6.92 Å². The van der Waals surface area contributed by atoms with E-state index in [2.05, 4.69) is 15.5 Å². The summed E-state index contributed by atoms with van der Waals surface area (Å²) < 4.78 is 65.0. The Labute approximate surface area is 213 Å². The molecule has 11 nitrogen and oxygen atoms in total. The number of carbonyl (C=O) groups is 1. The summed E-state index contributed by atoms with van der Waals surface area (Å²) in [7, 11) is -3.73. The molecular formula is C23H28F2N6O5S. The Balaban J connectivity index is 1.51. The van der Waals surface area contributed by atoms with Gasteiger partial charge in [-0.2, -0.15) is 9.29 Å². The molecule has 1 aromatic heterocycles. The van der Waals surface area contributed by atoms with Gasteiger partial charge in [-0.05, 0) is 31.9 Å². The second kappa shape index (κ2) is 10.5. The van der Waals surface area contributed by atoms with Crippen molar-refractivity contribution < 1.29 is 31.3 Å². The number of aromatic nitrogens is 2. The first-order chi connectivity index (χ1) is 17.5. The van der Waals surface area contributed by atoms with Crippen LogP contribution < -0.4 is 5.32 Å². The number of halogens is 2. The molecular weight excluding hydrogens is 510 g/mol. The fourth-order valence-electron chi connectivity index (χ4n) is 3.83. The number of rotatable bonds is 10. The molecule has 2 aromatic rings. The molecule has 1 aliphatic carbocycles. The van der Waals surface area contributed by atoms with Gasteiger partial charge in [0.25, 0.3) is 5.91 Å². The topological polar surface area (TPSA) is 142 Å². The van der Waals surface area contributed by atoms with Crippen LogP contribution in [-0.4, -0.2) is 72.7 Å². The van der Waals surface area contributed by atoms with Gasteiger partial charge in [-0.15, -0.1) is 0 Å². The highest BCUT2D eigenvalue weighted by atomic mass is 32.2. The van der Waals surface area contributed by atoms with Crippen LogP contribution in [0.5, 0.6) is 0 Å². The van der Waals surface area contributed by atoms with E-state index in [4.69, 9.17) is 14.7 Å². The fourth-order valence-corrected chi connectivity index (χ4v) is 5.16. The van der Waals surface area contributed by atoms with Crippen LogP contribution in [0.25, 0.3) is 0 Å². The van der Waals surface area contributed by atoms with Crippen molar-refractivity contribution >= 4 is 27.8 Å². The largest absolute Gasteiger partial charge is 0.486 e. The van der Waals surface area contributed by atoms with Gasteiger partial charge in [0.15, 0.2) is 5.82 Å². The smallest absolute Gasteiger partial charge is 0.293 e. The van der Waals surface area contributed by atoms with Gasteiger partial charge in [-0.25, -0.2) is 17.2 Å². The van der Waals surface area contributed by atoms with Crippen LogP contribution in [0.1, 0.15) is 31.5 Å². The maximum atomic E-state index is 13.6. The summed E-state index contributed by atoms with van der Waals surface area (Å²) in [5.74, 6) is -2.75. The molecule has 37 heavy (non-hydrogen) atoms. The maximum Gasteiger partial charge on any atom is 0.293 e. The minimum atomic E-state index is -3.73. The fraction of sp³-hybridized carbons (Fsp3) is 0.478. The number of nitrogens with one attached hydrogen (secondary N) is 2. The van der Waals surface area contributed by atoms with Crippen LogP contribution >= 0.6 is 0 Å². The van der Waals surface area contributed by atoms with E-state index in [0.29, 0.717) is 11.9 Å². The molecule has 1 aliphatic heterocycles. The van der Waals surface area contributed by atoms with Gasteiger partial charge in [-0.1, -0.05) is 12.1 Å². The van der Waals surface area contributed by atoms with Crippen molar-refractivity contribution in [1.29, 1.82) is 5.41 Å². The van der Waals surface area contributed by atoms with E-state index < -0.39 is 33.3 Å². The van der Waals surface area contributed by atoms with Gasteiger partial charge in [0.05, 0.1) is 6.61 Å². The van der Waals surface area contributed by atoms with Gasteiger partial charge in [0, 0.05) is 49.6 Å². The molecule has 1 aromatic carbocycles. The zero-order valence-corrected chi connectivity index (χ0v) is 21.3. The Bertz CT molecular complexity index is 1300. The number of benzene rings is 1. The van der Waals surface area contributed by atoms with E-state index in [1.54, 1.807) is 11.8 Å². The predicted octanol–water partition coefficient (Wildman–Crippen LogP) is 2.42. The summed E-state index contributed by atoms with van der Waals surface area (Å²) >= 11 is 0. The zero-order valence-electron chi connectivity index (χ0n) is 20.5. The minimum absolute atomic E-state index is 0.00489. The lowest BCUT2D eigenvalue weighted by Crippen LogP contribution is -2.49. The highest BCUT2D eigenvalue weighted by Crippen LogP contribution is 2.45. The van der Waals surface area contributed by atoms with Crippen LogP contribution in [0.4, 0.5) is 14.5 Å². The second-order valence-electron chi connectivity index (χ2n) is 9.45. The highest BCUT2D eigenvalue weighted by Gasteiger charge is 2.39. The second-order valence-corrected chi connectivity index (χ2v) is 11.4. The van der Waals surface area contributed by atoms with Crippen LogP contribution in [0, 0.1) is 29.4 Å². The molecule has 1 saturated heterocycles. The molecule has 4 rings (SSSR count). The van der Waals surface area contributed by atoms with Crippen molar-refractivity contribution in [1.82, 2.24) is 19.3 Å². The Morgan fingerprint density at radius 2 is 1.86 bits per heavy atom. The molecule has 0 radical (unpaired) electrons. The number of hydrogen-bond donors (Lipinski definition) is 2. The summed E-state index contributed by atoms with van der Waals surface area (Å²) in [6.45, 7) is 4.36. The van der Waals surface area contributed by atoms with E-state index in [1.165, 1.54) is 4.31 Å². The number of aryl methyl sites for hydroxylation is 1. The molecule has 2 aliphatic rings. The lowest BCUT2D eigenvalue weighted by Gasteiger charge is -2.36. The van der Waals surface area contributed by atoms with Crippen LogP contribution in [0.15, 0.2) is 34.2 Å². The molecule has 0 unspecified atom stereocenters. The predicted molar refractivity (Wildman–Crippen MR) is 129 cm³/mol. The van der Waals surface area contributed by atoms with Crippen molar-refractivity contribution in [3.63, 3.8) is 0 Å². The number of ether oxygens (including phenoxy) is 1. The first-order valence-corrected chi connectivity index (χ1v) is 13.3. The van der Waals surface area contributed by atoms with Crippen molar-refractivity contribution in [2.45, 2.75) is 32.4 Å². The summed E-state index contributed by atoms with van der Waals surface area (Å²) in [5.41, 5.74) is -0.0512. The highest BCUT2D eigenvalue weighted by molar-refractivity contribution is 7.88. The number of nitrogens with zero attached hydrogens (tertiary/aromatic N) is 4. The zero-order chi connectivity index (χ0) is 26.8. The van der Waals surface area contributed by atoms with E-state index in [9.17, 15) is 22.0 Å². The minimum Gasteiger partial charge on any atom is -0.486 e. The van der Waals surface area contributed by atoms with Gasteiger partial charge in [-0.3, -0.25) is 4.79 Å². The third-order valence-electron chi connectivity index (χ3n) is 6.21. The lowest BCUT2D eigenvalue weighted by molar-refractivity contribution is -0.116. The Kier molecular flexibility index (Phi) is 7.59. The van der Waals surface area contributed by atoms with Gasteiger partial charge in [0.1, 0.15) is 23.1 Å². The maximum absolute atomic E-state index is 13.6.